The van der Waals surface area contributed by atoms with Crippen LogP contribution in [0, 0.1) is 12.7 Å². The van der Waals surface area contributed by atoms with Crippen molar-refractivity contribution >= 4 is 11.8 Å². The lowest BCUT2D eigenvalue weighted by atomic mass is 10.1. The first-order valence-corrected chi connectivity index (χ1v) is 10.6. The molecule has 1 N–H and O–H groups in total. The maximum Gasteiger partial charge on any atom is 0.242 e. The Labute approximate surface area is 184 Å². The summed E-state index contributed by atoms with van der Waals surface area (Å²) in [4.78, 5) is 27.1. The van der Waals surface area contributed by atoms with Gasteiger partial charge < -0.3 is 15.0 Å². The van der Waals surface area contributed by atoms with Crippen LogP contribution in [0.5, 0.6) is 5.75 Å². The summed E-state index contributed by atoms with van der Waals surface area (Å²) in [5.74, 6) is -0.133. The van der Waals surface area contributed by atoms with E-state index < -0.39 is 17.4 Å². The van der Waals surface area contributed by atoms with Crippen molar-refractivity contribution in [3.63, 3.8) is 0 Å². The molecule has 1 unspecified atom stereocenters. The van der Waals surface area contributed by atoms with Crippen LogP contribution in [0.1, 0.15) is 51.7 Å². The van der Waals surface area contributed by atoms with Gasteiger partial charge in [-0.15, -0.1) is 0 Å². The fourth-order valence-electron chi connectivity index (χ4n) is 3.06. The average molecular weight is 429 g/mol. The highest BCUT2D eigenvalue weighted by molar-refractivity contribution is 5.87. The minimum absolute atomic E-state index is 0.0308. The quantitative estimate of drug-likeness (QED) is 0.593. The van der Waals surface area contributed by atoms with Gasteiger partial charge in [-0.25, -0.2) is 4.39 Å². The van der Waals surface area contributed by atoms with E-state index >= 15 is 0 Å². The van der Waals surface area contributed by atoms with Crippen molar-refractivity contribution in [1.82, 2.24) is 10.2 Å². The zero-order chi connectivity index (χ0) is 23.0. The number of carbonyl (C=O) groups is 2. The summed E-state index contributed by atoms with van der Waals surface area (Å²) in [6, 6.07) is 13.3. The van der Waals surface area contributed by atoms with Gasteiger partial charge in [0.15, 0.2) is 0 Å². The van der Waals surface area contributed by atoms with Gasteiger partial charge in [-0.05, 0) is 59.2 Å². The van der Waals surface area contributed by atoms with E-state index in [1.807, 2.05) is 52.0 Å². The number of rotatable bonds is 9. The van der Waals surface area contributed by atoms with Gasteiger partial charge in [-0.3, -0.25) is 9.59 Å². The number of hydrogen-bond donors (Lipinski definition) is 1. The molecule has 0 bridgehead atoms. The standard InChI is InChI=1S/C25H33FN2O3/c1-18-12-14-21(15-13-18)31-16-8-11-23(29)28(17-20-9-6-7-10-22(20)26)19(2)24(30)27-25(3,4)5/h6-7,9-10,12-15,19H,8,11,16-17H2,1-5H3,(H,27,30). The molecule has 0 saturated heterocycles. The molecule has 0 saturated carbocycles. The SMILES string of the molecule is Cc1ccc(OCCCC(=O)N(Cc2ccccc2F)C(C)C(=O)NC(C)(C)C)cc1. The lowest BCUT2D eigenvalue weighted by molar-refractivity contribution is -0.141. The zero-order valence-electron chi connectivity index (χ0n) is 19.1. The number of hydrogen-bond acceptors (Lipinski definition) is 3. The van der Waals surface area contributed by atoms with Crippen LogP contribution in [0.25, 0.3) is 0 Å². The van der Waals surface area contributed by atoms with E-state index in [1.165, 1.54) is 11.0 Å². The van der Waals surface area contributed by atoms with E-state index in [0.29, 0.717) is 18.6 Å². The van der Waals surface area contributed by atoms with Crippen molar-refractivity contribution in [2.24, 2.45) is 0 Å². The van der Waals surface area contributed by atoms with E-state index in [-0.39, 0.29) is 24.8 Å². The summed E-state index contributed by atoms with van der Waals surface area (Å²) in [6.45, 7) is 9.72. The monoisotopic (exact) mass is 428 g/mol. The number of nitrogens with zero attached hydrogens (tertiary/aromatic N) is 1. The Morgan fingerprint density at radius 1 is 1.10 bits per heavy atom. The first kappa shape index (κ1) is 24.4. The summed E-state index contributed by atoms with van der Waals surface area (Å²) in [6.07, 6.45) is 0.696. The molecule has 2 aromatic carbocycles. The fourth-order valence-corrected chi connectivity index (χ4v) is 3.06. The number of ether oxygens (including phenoxy) is 1. The summed E-state index contributed by atoms with van der Waals surface area (Å²) in [5.41, 5.74) is 1.09. The van der Waals surface area contributed by atoms with Crippen LogP contribution < -0.4 is 10.1 Å². The van der Waals surface area contributed by atoms with Crippen molar-refractivity contribution in [2.45, 2.75) is 65.6 Å². The Morgan fingerprint density at radius 3 is 2.35 bits per heavy atom. The molecule has 0 aliphatic carbocycles. The van der Waals surface area contributed by atoms with Gasteiger partial charge in [-0.2, -0.15) is 0 Å². The predicted octanol–water partition coefficient (Wildman–Crippen LogP) is 4.63. The molecule has 0 fully saturated rings. The van der Waals surface area contributed by atoms with Crippen LogP contribution in [0.4, 0.5) is 4.39 Å². The summed E-state index contributed by atoms with van der Waals surface area (Å²) >= 11 is 0. The highest BCUT2D eigenvalue weighted by atomic mass is 19.1. The van der Waals surface area contributed by atoms with Crippen LogP contribution in [-0.2, 0) is 16.1 Å². The molecule has 0 aliphatic rings. The van der Waals surface area contributed by atoms with E-state index in [4.69, 9.17) is 4.74 Å². The molecule has 168 valence electrons. The third-order valence-electron chi connectivity index (χ3n) is 4.79. The third-order valence-corrected chi connectivity index (χ3v) is 4.79. The highest BCUT2D eigenvalue weighted by Crippen LogP contribution is 2.16. The van der Waals surface area contributed by atoms with Gasteiger partial charge in [0.05, 0.1) is 6.61 Å². The smallest absolute Gasteiger partial charge is 0.242 e. The Morgan fingerprint density at radius 2 is 1.74 bits per heavy atom. The Bertz CT molecular complexity index is 875. The molecule has 2 aromatic rings. The predicted molar refractivity (Wildman–Crippen MR) is 120 cm³/mol. The Balaban J connectivity index is 2.03. The van der Waals surface area contributed by atoms with Crippen LogP contribution in [0.2, 0.25) is 0 Å². The molecule has 6 heteroatoms. The van der Waals surface area contributed by atoms with Crippen molar-refractivity contribution in [1.29, 1.82) is 0 Å². The van der Waals surface area contributed by atoms with E-state index in [0.717, 1.165) is 11.3 Å². The molecule has 0 heterocycles. The second kappa shape index (κ2) is 10.9. The summed E-state index contributed by atoms with van der Waals surface area (Å²) in [7, 11) is 0. The number of benzene rings is 2. The fraction of sp³-hybridized carbons (Fsp3) is 0.440. The van der Waals surface area contributed by atoms with Crippen LogP contribution >= 0.6 is 0 Å². The van der Waals surface area contributed by atoms with Gasteiger partial charge in [0.1, 0.15) is 17.6 Å². The minimum Gasteiger partial charge on any atom is -0.494 e. The minimum atomic E-state index is -0.732. The highest BCUT2D eigenvalue weighted by Gasteiger charge is 2.28. The normalized spacial score (nSPS) is 12.2. The van der Waals surface area contributed by atoms with Crippen molar-refractivity contribution in [2.75, 3.05) is 6.61 Å². The molecule has 0 radical (unpaired) electrons. The topological polar surface area (TPSA) is 58.6 Å². The van der Waals surface area contributed by atoms with Gasteiger partial charge in [-0.1, -0.05) is 35.9 Å². The third kappa shape index (κ3) is 8.04. The van der Waals surface area contributed by atoms with Gasteiger partial charge in [0.2, 0.25) is 11.8 Å². The molecular weight excluding hydrogens is 395 g/mol. The van der Waals surface area contributed by atoms with E-state index in [2.05, 4.69) is 5.32 Å². The molecule has 2 rings (SSSR count). The second-order valence-corrected chi connectivity index (χ2v) is 8.79. The Hall–Kier alpha value is -2.89. The van der Waals surface area contributed by atoms with Gasteiger partial charge >= 0.3 is 0 Å². The molecule has 5 nitrogen and oxygen atoms in total. The van der Waals surface area contributed by atoms with E-state index in [9.17, 15) is 14.0 Å². The van der Waals surface area contributed by atoms with E-state index in [1.54, 1.807) is 25.1 Å². The number of carbonyl (C=O) groups excluding carboxylic acids is 2. The molecule has 0 aliphatic heterocycles. The first-order chi connectivity index (χ1) is 14.6. The molecular formula is C25H33FN2O3. The van der Waals surface area contributed by atoms with Crippen molar-refractivity contribution in [3.05, 3.63) is 65.5 Å². The zero-order valence-corrected chi connectivity index (χ0v) is 19.1. The number of amides is 2. The van der Waals surface area contributed by atoms with Crippen molar-refractivity contribution < 1.29 is 18.7 Å². The van der Waals surface area contributed by atoms with Crippen LogP contribution in [0.15, 0.2) is 48.5 Å². The van der Waals surface area contributed by atoms with Gasteiger partial charge in [0, 0.05) is 24.1 Å². The average Bonchev–Trinajstić information content (AvgIpc) is 2.70. The molecule has 1 atom stereocenters. The molecule has 31 heavy (non-hydrogen) atoms. The maximum atomic E-state index is 14.2. The number of aryl methyl sites for hydroxylation is 1. The maximum absolute atomic E-state index is 14.2. The van der Waals surface area contributed by atoms with Crippen molar-refractivity contribution in [3.8, 4) is 5.75 Å². The number of nitrogens with one attached hydrogen (secondary N) is 1. The summed E-state index contributed by atoms with van der Waals surface area (Å²) in [5, 5.41) is 2.90. The molecule has 0 spiro atoms. The Kier molecular flexibility index (Phi) is 8.60. The lowest BCUT2D eigenvalue weighted by Gasteiger charge is -2.31. The second-order valence-electron chi connectivity index (χ2n) is 8.79. The van der Waals surface area contributed by atoms with Gasteiger partial charge in [0.25, 0.3) is 0 Å². The summed E-state index contributed by atoms with van der Waals surface area (Å²) < 4.78 is 19.9. The molecule has 2 amide bonds. The first-order valence-electron chi connectivity index (χ1n) is 10.6. The van der Waals surface area contributed by atoms with Crippen LogP contribution in [-0.4, -0.2) is 34.9 Å². The van der Waals surface area contributed by atoms with Crippen LogP contribution in [0.3, 0.4) is 0 Å². The largest absolute Gasteiger partial charge is 0.494 e. The molecule has 0 aromatic heterocycles. The number of halogens is 1. The lowest BCUT2D eigenvalue weighted by Crippen LogP contribution is -2.52.